The molecule has 0 radical (unpaired) electrons. The Morgan fingerprint density at radius 3 is 2.50 bits per heavy atom. The minimum atomic E-state index is -0.216. The van der Waals surface area contributed by atoms with Crippen LogP contribution in [0.25, 0.3) is 0 Å². The van der Waals surface area contributed by atoms with Gasteiger partial charge in [0.25, 0.3) is 0 Å². The van der Waals surface area contributed by atoms with E-state index >= 15 is 0 Å². The maximum Gasteiger partial charge on any atom is 0.229 e. The van der Waals surface area contributed by atoms with E-state index in [1.165, 1.54) is 0 Å². The molecule has 1 aromatic rings. The molecule has 1 aliphatic rings. The van der Waals surface area contributed by atoms with Crippen LogP contribution in [0.4, 0.5) is 0 Å². The zero-order valence-electron chi connectivity index (χ0n) is 10.6. The van der Waals surface area contributed by atoms with Crippen molar-refractivity contribution in [2.45, 2.75) is 31.7 Å². The minimum absolute atomic E-state index is 0. The Kier molecular flexibility index (Phi) is 5.63. The molecular weight excluding hydrogens is 248 g/mol. The van der Waals surface area contributed by atoms with Crippen LogP contribution >= 0.6 is 12.4 Å². The van der Waals surface area contributed by atoms with Crippen LogP contribution < -0.4 is 11.1 Å². The van der Waals surface area contributed by atoms with Crippen molar-refractivity contribution in [1.82, 2.24) is 5.32 Å². The number of hydrogen-bond donors (Lipinski definition) is 2. The van der Waals surface area contributed by atoms with E-state index < -0.39 is 0 Å². The van der Waals surface area contributed by atoms with E-state index in [9.17, 15) is 4.79 Å². The molecule has 0 bridgehead atoms. The summed E-state index contributed by atoms with van der Waals surface area (Å²) in [6.45, 7) is 2.57. The average molecular weight is 269 g/mol. The van der Waals surface area contributed by atoms with Gasteiger partial charge in [0.2, 0.25) is 5.91 Å². The van der Waals surface area contributed by atoms with Crippen LogP contribution in [0.5, 0.6) is 0 Å². The second kappa shape index (κ2) is 6.76. The van der Waals surface area contributed by atoms with Crippen molar-refractivity contribution >= 4 is 18.3 Å². The molecule has 1 unspecified atom stereocenters. The molecule has 1 fully saturated rings. The number of rotatable bonds is 4. The molecule has 0 heterocycles. The third-order valence-electron chi connectivity index (χ3n) is 3.47. The largest absolute Gasteiger partial charge is 0.353 e. The lowest BCUT2D eigenvalue weighted by atomic mass is 9.81. The first-order valence-electron chi connectivity index (χ1n) is 6.26. The SMILES string of the molecule is CC1CC(NC(=O)C(CN)c2ccccc2)C1.Cl. The summed E-state index contributed by atoms with van der Waals surface area (Å²) in [5.41, 5.74) is 6.71. The molecule has 0 aromatic heterocycles. The first kappa shape index (κ1) is 15.0. The van der Waals surface area contributed by atoms with Crippen LogP contribution in [0.2, 0.25) is 0 Å². The van der Waals surface area contributed by atoms with E-state index in [2.05, 4.69) is 12.2 Å². The maximum atomic E-state index is 12.1. The molecule has 0 spiro atoms. The molecule has 1 saturated carbocycles. The van der Waals surface area contributed by atoms with Crippen LogP contribution in [-0.4, -0.2) is 18.5 Å². The topological polar surface area (TPSA) is 55.1 Å². The van der Waals surface area contributed by atoms with E-state index in [0.29, 0.717) is 12.6 Å². The quantitative estimate of drug-likeness (QED) is 0.878. The van der Waals surface area contributed by atoms with Crippen LogP contribution in [0.1, 0.15) is 31.2 Å². The first-order valence-corrected chi connectivity index (χ1v) is 6.26. The third kappa shape index (κ3) is 3.47. The molecule has 2 rings (SSSR count). The van der Waals surface area contributed by atoms with Crippen LogP contribution in [-0.2, 0) is 4.79 Å². The van der Waals surface area contributed by atoms with Gasteiger partial charge < -0.3 is 11.1 Å². The summed E-state index contributed by atoms with van der Waals surface area (Å²) in [5.74, 6) is 0.594. The summed E-state index contributed by atoms with van der Waals surface area (Å²) in [4.78, 5) is 12.1. The van der Waals surface area contributed by atoms with Crippen molar-refractivity contribution in [2.75, 3.05) is 6.54 Å². The summed E-state index contributed by atoms with van der Waals surface area (Å²) < 4.78 is 0. The predicted molar refractivity (Wildman–Crippen MR) is 75.8 cm³/mol. The molecule has 1 atom stereocenters. The van der Waals surface area contributed by atoms with Crippen LogP contribution in [0.15, 0.2) is 30.3 Å². The lowest BCUT2D eigenvalue weighted by Crippen LogP contribution is -2.46. The second-order valence-corrected chi connectivity index (χ2v) is 4.98. The predicted octanol–water partition coefficient (Wildman–Crippen LogP) is 2.07. The lowest BCUT2D eigenvalue weighted by Gasteiger charge is -2.34. The van der Waals surface area contributed by atoms with Gasteiger partial charge >= 0.3 is 0 Å². The molecular formula is C14H21ClN2O. The summed E-state index contributed by atoms with van der Waals surface area (Å²) in [6, 6.07) is 10.1. The fraction of sp³-hybridized carbons (Fsp3) is 0.500. The Hall–Kier alpha value is -1.06. The molecule has 0 saturated heterocycles. The average Bonchev–Trinajstić information content (AvgIpc) is 2.29. The molecule has 1 amide bonds. The highest BCUT2D eigenvalue weighted by Crippen LogP contribution is 2.27. The summed E-state index contributed by atoms with van der Waals surface area (Å²) in [5, 5.41) is 3.08. The van der Waals surface area contributed by atoms with Crippen molar-refractivity contribution in [3.8, 4) is 0 Å². The van der Waals surface area contributed by atoms with Gasteiger partial charge in [0.05, 0.1) is 5.92 Å². The standard InChI is InChI=1S/C14H20N2O.ClH/c1-10-7-12(8-10)16-14(17)13(9-15)11-5-3-2-4-6-11;/h2-6,10,12-13H,7-9,15H2,1H3,(H,16,17);1H. The molecule has 0 aliphatic heterocycles. The number of hydrogen-bond acceptors (Lipinski definition) is 2. The Bertz CT molecular complexity index is 377. The Balaban J connectivity index is 0.00000162. The lowest BCUT2D eigenvalue weighted by molar-refractivity contribution is -0.123. The van der Waals surface area contributed by atoms with Crippen LogP contribution in [0.3, 0.4) is 0 Å². The molecule has 3 nitrogen and oxygen atoms in total. The first-order chi connectivity index (χ1) is 8.20. The molecule has 3 N–H and O–H groups in total. The van der Waals surface area contributed by atoms with Gasteiger partial charge in [-0.2, -0.15) is 0 Å². The fourth-order valence-corrected chi connectivity index (χ4v) is 2.40. The third-order valence-corrected chi connectivity index (χ3v) is 3.47. The van der Waals surface area contributed by atoms with E-state index in [-0.39, 0.29) is 24.2 Å². The monoisotopic (exact) mass is 268 g/mol. The van der Waals surface area contributed by atoms with Gasteiger partial charge in [-0.25, -0.2) is 0 Å². The van der Waals surface area contributed by atoms with E-state index in [1.807, 2.05) is 30.3 Å². The number of carbonyl (C=O) groups is 1. The number of carbonyl (C=O) groups excluding carboxylic acids is 1. The van der Waals surface area contributed by atoms with Gasteiger partial charge in [-0.3, -0.25) is 4.79 Å². The van der Waals surface area contributed by atoms with Crippen molar-refractivity contribution in [1.29, 1.82) is 0 Å². The molecule has 1 aliphatic carbocycles. The highest BCUT2D eigenvalue weighted by atomic mass is 35.5. The molecule has 18 heavy (non-hydrogen) atoms. The number of halogens is 1. The Morgan fingerprint density at radius 2 is 2.00 bits per heavy atom. The van der Waals surface area contributed by atoms with Crippen molar-refractivity contribution in [3.63, 3.8) is 0 Å². The molecule has 4 heteroatoms. The number of benzene rings is 1. The second-order valence-electron chi connectivity index (χ2n) is 4.98. The van der Waals surface area contributed by atoms with Gasteiger partial charge in [0.15, 0.2) is 0 Å². The van der Waals surface area contributed by atoms with Gasteiger partial charge in [-0.05, 0) is 24.3 Å². The summed E-state index contributed by atoms with van der Waals surface area (Å²) in [7, 11) is 0. The smallest absolute Gasteiger partial charge is 0.229 e. The van der Waals surface area contributed by atoms with E-state index in [1.54, 1.807) is 0 Å². The van der Waals surface area contributed by atoms with E-state index in [4.69, 9.17) is 5.73 Å². The Morgan fingerprint density at radius 1 is 1.39 bits per heavy atom. The highest BCUT2D eigenvalue weighted by molar-refractivity contribution is 5.85. The number of amides is 1. The van der Waals surface area contributed by atoms with Crippen molar-refractivity contribution < 1.29 is 4.79 Å². The fourth-order valence-electron chi connectivity index (χ4n) is 2.40. The Labute approximate surface area is 115 Å². The molecule has 100 valence electrons. The molecule has 1 aromatic carbocycles. The van der Waals surface area contributed by atoms with Crippen LogP contribution in [0, 0.1) is 5.92 Å². The zero-order chi connectivity index (χ0) is 12.3. The van der Waals surface area contributed by atoms with E-state index in [0.717, 1.165) is 24.3 Å². The summed E-state index contributed by atoms with van der Waals surface area (Å²) >= 11 is 0. The maximum absolute atomic E-state index is 12.1. The number of nitrogens with two attached hydrogens (primary N) is 1. The van der Waals surface area contributed by atoms with Gasteiger partial charge in [-0.1, -0.05) is 37.3 Å². The van der Waals surface area contributed by atoms with Crippen molar-refractivity contribution in [3.05, 3.63) is 35.9 Å². The van der Waals surface area contributed by atoms with Crippen molar-refractivity contribution in [2.24, 2.45) is 11.7 Å². The normalized spacial score (nSPS) is 23.4. The highest BCUT2D eigenvalue weighted by Gasteiger charge is 2.29. The van der Waals surface area contributed by atoms with Gasteiger partial charge in [0.1, 0.15) is 0 Å². The van der Waals surface area contributed by atoms with Gasteiger partial charge in [0, 0.05) is 12.6 Å². The summed E-state index contributed by atoms with van der Waals surface area (Å²) in [6.07, 6.45) is 2.19. The zero-order valence-corrected chi connectivity index (χ0v) is 11.5. The minimum Gasteiger partial charge on any atom is -0.353 e. The van der Waals surface area contributed by atoms with Gasteiger partial charge in [-0.15, -0.1) is 12.4 Å². The number of nitrogens with one attached hydrogen (secondary N) is 1.